The first-order chi connectivity index (χ1) is 6.11. The smallest absolute Gasteiger partial charge is 0.347 e. The lowest BCUT2D eigenvalue weighted by atomic mass is 10.4. The van der Waals surface area contributed by atoms with Gasteiger partial charge in [0.2, 0.25) is 0 Å². The van der Waals surface area contributed by atoms with Crippen LogP contribution in [0, 0.1) is 0 Å². The van der Waals surface area contributed by atoms with Crippen LogP contribution in [0.25, 0.3) is 0 Å². The van der Waals surface area contributed by atoms with E-state index in [1.807, 2.05) is 0 Å². The van der Waals surface area contributed by atoms with Crippen LogP contribution in [-0.4, -0.2) is 24.6 Å². The van der Waals surface area contributed by atoms with Gasteiger partial charge in [0.05, 0.1) is 0 Å². The van der Waals surface area contributed by atoms with Crippen LogP contribution in [0.2, 0.25) is 0 Å². The van der Waals surface area contributed by atoms with Crippen LogP contribution >= 0.6 is 0 Å². The van der Waals surface area contributed by atoms with Gasteiger partial charge in [0.1, 0.15) is 6.61 Å². The van der Waals surface area contributed by atoms with Gasteiger partial charge in [-0.1, -0.05) is 19.2 Å². The molecule has 0 saturated carbocycles. The van der Waals surface area contributed by atoms with Crippen molar-refractivity contribution < 1.29 is 19.1 Å². The molecular weight excluding hydrogens is 172 g/mol. The van der Waals surface area contributed by atoms with Crippen LogP contribution in [0.4, 0.5) is 0 Å². The van der Waals surface area contributed by atoms with Crippen LogP contribution in [0.15, 0.2) is 25.3 Å². The largest absolute Gasteiger partial charge is 0.459 e. The Balaban J connectivity index is 3.88. The number of ether oxygens (including phenoxy) is 2. The molecule has 0 spiro atoms. The summed E-state index contributed by atoms with van der Waals surface area (Å²) < 4.78 is 9.22. The van der Waals surface area contributed by atoms with E-state index in [0.717, 1.165) is 6.08 Å². The zero-order chi connectivity index (χ0) is 10.3. The molecule has 0 saturated heterocycles. The highest BCUT2D eigenvalue weighted by Gasteiger charge is 2.16. The predicted octanol–water partition coefficient (Wildman–Crippen LogP) is 0.833. The second-order valence-corrected chi connectivity index (χ2v) is 2.20. The van der Waals surface area contributed by atoms with E-state index in [1.54, 1.807) is 0 Å². The molecule has 1 unspecified atom stereocenters. The summed E-state index contributed by atoms with van der Waals surface area (Å²) in [4.78, 5) is 21.6. The van der Waals surface area contributed by atoms with E-state index < -0.39 is 18.0 Å². The minimum absolute atomic E-state index is 0.106. The third kappa shape index (κ3) is 4.79. The number of carbonyl (C=O) groups excluding carboxylic acids is 2. The van der Waals surface area contributed by atoms with Gasteiger partial charge in [0.25, 0.3) is 0 Å². The Labute approximate surface area is 76.8 Å². The summed E-state index contributed by atoms with van der Waals surface area (Å²) in [6.45, 7) is 8.09. The van der Waals surface area contributed by atoms with Crippen molar-refractivity contribution in [3.05, 3.63) is 25.3 Å². The van der Waals surface area contributed by atoms with Gasteiger partial charge in [0.15, 0.2) is 6.10 Å². The standard InChI is InChI=1S/C9H12O4/c1-4-6-12-9(11)7(3)13-8(10)5-2/h4-5,7H,1-2,6H2,3H3. The maximum Gasteiger partial charge on any atom is 0.347 e. The molecule has 72 valence electrons. The molecular formula is C9H12O4. The molecule has 4 nitrogen and oxygen atoms in total. The summed E-state index contributed by atoms with van der Waals surface area (Å²) in [5.41, 5.74) is 0. The Kier molecular flexibility index (Phi) is 5.27. The van der Waals surface area contributed by atoms with Gasteiger partial charge in [-0.05, 0) is 6.92 Å². The fraction of sp³-hybridized carbons (Fsp3) is 0.333. The van der Waals surface area contributed by atoms with Crippen molar-refractivity contribution in [3.63, 3.8) is 0 Å². The molecule has 0 aliphatic carbocycles. The van der Waals surface area contributed by atoms with Crippen LogP contribution in [-0.2, 0) is 19.1 Å². The predicted molar refractivity (Wildman–Crippen MR) is 46.9 cm³/mol. The minimum Gasteiger partial charge on any atom is -0.459 e. The maximum atomic E-state index is 11.0. The van der Waals surface area contributed by atoms with Crippen molar-refractivity contribution in [2.24, 2.45) is 0 Å². The van der Waals surface area contributed by atoms with Crippen LogP contribution in [0.3, 0.4) is 0 Å². The molecule has 0 aromatic heterocycles. The van der Waals surface area contributed by atoms with E-state index in [-0.39, 0.29) is 6.61 Å². The Morgan fingerprint density at radius 1 is 1.46 bits per heavy atom. The third-order valence-corrected chi connectivity index (χ3v) is 1.13. The monoisotopic (exact) mass is 184 g/mol. The van der Waals surface area contributed by atoms with Crippen molar-refractivity contribution in [2.45, 2.75) is 13.0 Å². The molecule has 0 radical (unpaired) electrons. The second-order valence-electron chi connectivity index (χ2n) is 2.20. The summed E-state index contributed by atoms with van der Waals surface area (Å²) in [5.74, 6) is -1.25. The molecule has 0 N–H and O–H groups in total. The normalized spacial score (nSPS) is 11.2. The molecule has 4 heteroatoms. The number of esters is 2. The molecule has 0 amide bonds. The minimum atomic E-state index is -0.912. The SMILES string of the molecule is C=CCOC(=O)C(C)OC(=O)C=C. The first kappa shape index (κ1) is 11.4. The fourth-order valence-corrected chi connectivity index (χ4v) is 0.529. The molecule has 13 heavy (non-hydrogen) atoms. The van der Waals surface area contributed by atoms with Crippen molar-refractivity contribution in [2.75, 3.05) is 6.61 Å². The van der Waals surface area contributed by atoms with Crippen LogP contribution in [0.1, 0.15) is 6.92 Å². The Hall–Kier alpha value is -1.58. The summed E-state index contributed by atoms with van der Waals surface area (Å²) in [6.07, 6.45) is 1.50. The Bertz CT molecular complexity index is 220. The number of hydrogen-bond acceptors (Lipinski definition) is 4. The van der Waals surface area contributed by atoms with Gasteiger partial charge >= 0.3 is 11.9 Å². The summed E-state index contributed by atoms with van der Waals surface area (Å²) in [5, 5.41) is 0. The lowest BCUT2D eigenvalue weighted by Crippen LogP contribution is -2.25. The second kappa shape index (κ2) is 5.99. The highest BCUT2D eigenvalue weighted by Crippen LogP contribution is 1.95. The van der Waals surface area contributed by atoms with E-state index in [9.17, 15) is 9.59 Å². The molecule has 0 aromatic rings. The zero-order valence-electron chi connectivity index (χ0n) is 7.49. The molecule has 0 heterocycles. The fourth-order valence-electron chi connectivity index (χ4n) is 0.529. The number of rotatable bonds is 5. The highest BCUT2D eigenvalue weighted by atomic mass is 16.6. The van der Waals surface area contributed by atoms with Gasteiger partial charge in [-0.15, -0.1) is 0 Å². The van der Waals surface area contributed by atoms with Gasteiger partial charge in [-0.3, -0.25) is 0 Å². The van der Waals surface area contributed by atoms with Gasteiger partial charge < -0.3 is 9.47 Å². The third-order valence-electron chi connectivity index (χ3n) is 1.13. The summed E-state index contributed by atoms with van der Waals surface area (Å²) >= 11 is 0. The van der Waals surface area contributed by atoms with E-state index in [1.165, 1.54) is 13.0 Å². The average Bonchev–Trinajstić information content (AvgIpc) is 2.13. The molecule has 0 fully saturated rings. The van der Waals surface area contributed by atoms with E-state index in [2.05, 4.69) is 22.6 Å². The van der Waals surface area contributed by atoms with E-state index >= 15 is 0 Å². The van der Waals surface area contributed by atoms with Gasteiger partial charge in [-0.25, -0.2) is 9.59 Å². The van der Waals surface area contributed by atoms with Crippen LogP contribution in [0.5, 0.6) is 0 Å². The van der Waals surface area contributed by atoms with Gasteiger partial charge in [-0.2, -0.15) is 0 Å². The van der Waals surface area contributed by atoms with Gasteiger partial charge in [0, 0.05) is 6.08 Å². The van der Waals surface area contributed by atoms with Crippen LogP contribution < -0.4 is 0 Å². The molecule has 1 atom stereocenters. The molecule has 0 bridgehead atoms. The maximum absolute atomic E-state index is 11.0. The number of hydrogen-bond donors (Lipinski definition) is 0. The first-order valence-corrected chi connectivity index (χ1v) is 3.72. The molecule has 0 aliphatic rings. The van der Waals surface area contributed by atoms with Crippen molar-refractivity contribution in [1.82, 2.24) is 0 Å². The first-order valence-electron chi connectivity index (χ1n) is 3.72. The molecule has 0 rings (SSSR count). The lowest BCUT2D eigenvalue weighted by molar-refractivity contribution is -0.162. The lowest BCUT2D eigenvalue weighted by Gasteiger charge is -2.09. The number of carbonyl (C=O) groups is 2. The quantitative estimate of drug-likeness (QED) is 0.361. The Morgan fingerprint density at radius 2 is 2.08 bits per heavy atom. The summed E-state index contributed by atoms with van der Waals surface area (Å²) in [7, 11) is 0. The molecule has 0 aromatic carbocycles. The Morgan fingerprint density at radius 3 is 2.54 bits per heavy atom. The van der Waals surface area contributed by atoms with E-state index in [0.29, 0.717) is 0 Å². The topological polar surface area (TPSA) is 52.6 Å². The summed E-state index contributed by atoms with van der Waals surface area (Å²) in [6, 6.07) is 0. The van der Waals surface area contributed by atoms with Crippen molar-refractivity contribution >= 4 is 11.9 Å². The average molecular weight is 184 g/mol. The van der Waals surface area contributed by atoms with Crippen molar-refractivity contribution in [1.29, 1.82) is 0 Å². The molecule has 0 aliphatic heterocycles. The zero-order valence-corrected chi connectivity index (χ0v) is 7.49. The van der Waals surface area contributed by atoms with Crippen molar-refractivity contribution in [3.8, 4) is 0 Å². The highest BCUT2D eigenvalue weighted by molar-refractivity contribution is 5.84. The van der Waals surface area contributed by atoms with E-state index in [4.69, 9.17) is 0 Å².